The molecule has 180 valence electrons. The van der Waals surface area contributed by atoms with Gasteiger partial charge in [0.1, 0.15) is 5.75 Å². The molecule has 0 N–H and O–H groups in total. The number of methoxy groups -OCH3 is 1. The second-order valence-corrected chi connectivity index (χ2v) is 9.22. The summed E-state index contributed by atoms with van der Waals surface area (Å²) in [6.45, 7) is 3.80. The summed E-state index contributed by atoms with van der Waals surface area (Å²) in [5.74, 6) is 1.20. The van der Waals surface area contributed by atoms with Gasteiger partial charge in [0.15, 0.2) is 16.3 Å². The molecule has 0 amide bonds. The summed E-state index contributed by atoms with van der Waals surface area (Å²) in [5, 5.41) is 0.424. The van der Waals surface area contributed by atoms with Gasteiger partial charge in [-0.15, -0.1) is 0 Å². The number of rotatable bonds is 5. The van der Waals surface area contributed by atoms with Crippen LogP contribution in [0.5, 0.6) is 17.2 Å². The average molecular weight is 513 g/mol. The van der Waals surface area contributed by atoms with E-state index >= 15 is 0 Å². The Hall–Kier alpha value is -3.56. The van der Waals surface area contributed by atoms with Crippen molar-refractivity contribution >= 4 is 35.0 Å². The highest BCUT2D eigenvalue weighted by atomic mass is 35.5. The van der Waals surface area contributed by atoms with Crippen LogP contribution in [0.1, 0.15) is 31.0 Å². The van der Waals surface area contributed by atoms with Gasteiger partial charge in [-0.1, -0.05) is 35.1 Å². The fourth-order valence-electron chi connectivity index (χ4n) is 4.10. The first kappa shape index (κ1) is 23.2. The first-order valence-corrected chi connectivity index (χ1v) is 12.0. The smallest absolute Gasteiger partial charge is 0.338 e. The number of fused-ring (bicyclic) bond motifs is 2. The van der Waals surface area contributed by atoms with Crippen molar-refractivity contribution in [1.82, 2.24) is 4.57 Å². The van der Waals surface area contributed by atoms with E-state index in [4.69, 9.17) is 30.5 Å². The molecule has 35 heavy (non-hydrogen) atoms. The largest absolute Gasteiger partial charge is 0.497 e. The van der Waals surface area contributed by atoms with Crippen LogP contribution in [0.2, 0.25) is 5.02 Å². The van der Waals surface area contributed by atoms with Crippen molar-refractivity contribution in [1.29, 1.82) is 0 Å². The number of allylic oxidation sites excluding steroid dienone is 1. The van der Waals surface area contributed by atoms with Crippen LogP contribution < -0.4 is 29.1 Å². The van der Waals surface area contributed by atoms with Crippen LogP contribution in [0.4, 0.5) is 0 Å². The number of nitrogens with zero attached hydrogens (tertiary/aromatic N) is 2. The lowest BCUT2D eigenvalue weighted by atomic mass is 9.95. The van der Waals surface area contributed by atoms with Crippen molar-refractivity contribution in [2.24, 2.45) is 4.99 Å². The van der Waals surface area contributed by atoms with Gasteiger partial charge in [0.2, 0.25) is 6.79 Å². The van der Waals surface area contributed by atoms with E-state index in [0.29, 0.717) is 54.0 Å². The van der Waals surface area contributed by atoms with E-state index in [0.717, 1.165) is 0 Å². The minimum atomic E-state index is -0.727. The third-order valence-electron chi connectivity index (χ3n) is 5.71. The Labute approximate surface area is 209 Å². The highest BCUT2D eigenvalue weighted by molar-refractivity contribution is 7.07. The summed E-state index contributed by atoms with van der Waals surface area (Å²) in [4.78, 5) is 31.7. The molecule has 0 spiro atoms. The van der Waals surface area contributed by atoms with Crippen LogP contribution in [0.3, 0.4) is 0 Å². The minimum absolute atomic E-state index is 0.119. The average Bonchev–Trinajstić information content (AvgIpc) is 3.42. The monoisotopic (exact) mass is 512 g/mol. The van der Waals surface area contributed by atoms with Crippen molar-refractivity contribution in [2.45, 2.75) is 19.9 Å². The summed E-state index contributed by atoms with van der Waals surface area (Å²) in [5.41, 5.74) is 1.81. The number of esters is 1. The molecule has 2 aliphatic heterocycles. The SMILES string of the molecule is CCOC(=O)C1=C(C)N=c2s/c(=C/c3cc4c(cc3Cl)OCO4)c(=O)n2C1c1cccc(OC)c1. The Morgan fingerprint density at radius 3 is 2.80 bits per heavy atom. The zero-order chi connectivity index (χ0) is 24.7. The van der Waals surface area contributed by atoms with Gasteiger partial charge in [0.25, 0.3) is 5.56 Å². The van der Waals surface area contributed by atoms with Gasteiger partial charge in [0, 0.05) is 6.07 Å². The summed E-state index contributed by atoms with van der Waals surface area (Å²) in [6.07, 6.45) is 1.69. The highest BCUT2D eigenvalue weighted by Crippen LogP contribution is 2.37. The van der Waals surface area contributed by atoms with Crippen LogP contribution in [-0.2, 0) is 9.53 Å². The molecule has 10 heteroatoms. The van der Waals surface area contributed by atoms with Crippen molar-refractivity contribution in [3.8, 4) is 17.2 Å². The number of carbonyl (C=O) groups excluding carboxylic acids is 1. The molecule has 0 fully saturated rings. The number of halogens is 1. The zero-order valence-electron chi connectivity index (χ0n) is 19.2. The van der Waals surface area contributed by atoms with Gasteiger partial charge in [0.05, 0.1) is 40.6 Å². The molecule has 5 rings (SSSR count). The fraction of sp³-hybridized carbons (Fsp3) is 0.240. The third-order valence-corrected chi connectivity index (χ3v) is 7.02. The van der Waals surface area contributed by atoms with Gasteiger partial charge in [-0.2, -0.15) is 0 Å². The molecule has 0 aliphatic carbocycles. The van der Waals surface area contributed by atoms with Crippen molar-refractivity contribution in [2.75, 3.05) is 20.5 Å². The van der Waals surface area contributed by atoms with Gasteiger partial charge in [-0.05, 0) is 49.2 Å². The molecule has 2 aromatic carbocycles. The minimum Gasteiger partial charge on any atom is -0.497 e. The molecule has 3 heterocycles. The molecule has 1 unspecified atom stereocenters. The van der Waals surface area contributed by atoms with Crippen LogP contribution in [0.15, 0.2) is 57.5 Å². The summed E-state index contributed by atoms with van der Waals surface area (Å²) in [7, 11) is 1.56. The summed E-state index contributed by atoms with van der Waals surface area (Å²) in [6, 6.07) is 9.93. The molecule has 8 nitrogen and oxygen atoms in total. The Balaban J connectivity index is 1.72. The molecule has 0 saturated heterocycles. The lowest BCUT2D eigenvalue weighted by Gasteiger charge is -2.25. The Bertz CT molecular complexity index is 1550. The molecule has 0 bridgehead atoms. The Kier molecular flexibility index (Phi) is 6.12. The fourth-order valence-corrected chi connectivity index (χ4v) is 5.35. The van der Waals surface area contributed by atoms with Crippen molar-refractivity contribution in [3.63, 3.8) is 0 Å². The van der Waals surface area contributed by atoms with E-state index in [1.807, 2.05) is 12.1 Å². The quantitative estimate of drug-likeness (QED) is 0.488. The molecule has 0 saturated carbocycles. The van der Waals surface area contributed by atoms with E-state index in [1.54, 1.807) is 51.3 Å². The molecular formula is C25H21ClN2O6S. The van der Waals surface area contributed by atoms with Crippen molar-refractivity contribution in [3.05, 3.63) is 83.5 Å². The normalized spacial score (nSPS) is 16.7. The Morgan fingerprint density at radius 1 is 1.29 bits per heavy atom. The zero-order valence-corrected chi connectivity index (χ0v) is 20.7. The molecular weight excluding hydrogens is 492 g/mol. The standard InChI is InChI=1S/C25H21ClN2O6S/c1-4-32-24(30)21-13(2)27-25-28(22(21)14-6-5-7-16(8-14)31-3)23(29)20(35-25)10-15-9-18-19(11-17(15)26)34-12-33-18/h5-11,22H,4,12H2,1-3H3/b20-10+. The predicted molar refractivity (Wildman–Crippen MR) is 131 cm³/mol. The number of benzene rings is 2. The van der Waals surface area contributed by atoms with Gasteiger partial charge in [-0.3, -0.25) is 9.36 Å². The predicted octanol–water partition coefficient (Wildman–Crippen LogP) is 3.19. The maximum atomic E-state index is 13.7. The number of hydrogen-bond acceptors (Lipinski definition) is 8. The lowest BCUT2D eigenvalue weighted by molar-refractivity contribution is -0.139. The first-order chi connectivity index (χ1) is 16.9. The third kappa shape index (κ3) is 4.11. The number of ether oxygens (including phenoxy) is 4. The van der Waals surface area contributed by atoms with E-state index in [-0.39, 0.29) is 19.0 Å². The second-order valence-electron chi connectivity index (χ2n) is 7.81. The van der Waals surface area contributed by atoms with Crippen LogP contribution in [0, 0.1) is 0 Å². The maximum absolute atomic E-state index is 13.7. The lowest BCUT2D eigenvalue weighted by Crippen LogP contribution is -2.39. The highest BCUT2D eigenvalue weighted by Gasteiger charge is 2.33. The topological polar surface area (TPSA) is 88.4 Å². The second kappa shape index (κ2) is 9.24. The molecule has 1 aromatic heterocycles. The molecule has 2 aliphatic rings. The maximum Gasteiger partial charge on any atom is 0.338 e. The number of thiazole rings is 1. The van der Waals surface area contributed by atoms with E-state index in [9.17, 15) is 9.59 Å². The van der Waals surface area contributed by atoms with E-state index < -0.39 is 12.0 Å². The van der Waals surface area contributed by atoms with E-state index in [2.05, 4.69) is 4.99 Å². The summed E-state index contributed by atoms with van der Waals surface area (Å²) >= 11 is 7.66. The Morgan fingerprint density at radius 2 is 2.06 bits per heavy atom. The van der Waals surface area contributed by atoms with Crippen molar-refractivity contribution < 1.29 is 23.7 Å². The molecule has 3 aromatic rings. The van der Waals surface area contributed by atoms with Gasteiger partial charge >= 0.3 is 5.97 Å². The number of carbonyl (C=O) groups is 1. The molecule has 0 radical (unpaired) electrons. The van der Waals surface area contributed by atoms with Crippen LogP contribution in [-0.4, -0.2) is 31.0 Å². The van der Waals surface area contributed by atoms with Gasteiger partial charge < -0.3 is 18.9 Å². The van der Waals surface area contributed by atoms with E-state index in [1.165, 1.54) is 15.9 Å². The number of hydrogen-bond donors (Lipinski definition) is 0. The molecule has 1 atom stereocenters. The van der Waals surface area contributed by atoms with Crippen LogP contribution in [0.25, 0.3) is 6.08 Å². The van der Waals surface area contributed by atoms with Gasteiger partial charge in [-0.25, -0.2) is 9.79 Å². The number of aromatic nitrogens is 1. The summed E-state index contributed by atoms with van der Waals surface area (Å²) < 4.78 is 23.5. The van der Waals surface area contributed by atoms with Crippen LogP contribution >= 0.6 is 22.9 Å². The first-order valence-electron chi connectivity index (χ1n) is 10.8.